The van der Waals surface area contributed by atoms with Gasteiger partial charge in [0.15, 0.2) is 12.4 Å². The molecule has 8 nitrogen and oxygen atoms in total. The van der Waals surface area contributed by atoms with Crippen molar-refractivity contribution in [3.05, 3.63) is 32.1 Å². The lowest BCUT2D eigenvalue weighted by Crippen LogP contribution is -2.33. The second-order valence-electron chi connectivity index (χ2n) is 4.66. The summed E-state index contributed by atoms with van der Waals surface area (Å²) in [6.07, 6.45) is 1.38. The van der Waals surface area contributed by atoms with Crippen LogP contribution in [0.4, 0.5) is 4.79 Å². The maximum absolute atomic E-state index is 12.1. The molecule has 0 atom stereocenters. The van der Waals surface area contributed by atoms with E-state index in [4.69, 9.17) is 26.6 Å². The number of carboxylic acids is 2. The highest BCUT2D eigenvalue weighted by Crippen LogP contribution is 2.37. The largest absolute Gasteiger partial charge is 0.480 e. The summed E-state index contributed by atoms with van der Waals surface area (Å²) < 4.78 is 5.41. The van der Waals surface area contributed by atoms with Crippen LogP contribution >= 0.6 is 39.3 Å². The van der Waals surface area contributed by atoms with Gasteiger partial charge < -0.3 is 14.9 Å². The van der Waals surface area contributed by atoms with Gasteiger partial charge in [-0.05, 0) is 51.5 Å². The summed E-state index contributed by atoms with van der Waals surface area (Å²) in [5.74, 6) is -3.05. The Labute approximate surface area is 158 Å². The van der Waals surface area contributed by atoms with E-state index in [-0.39, 0.29) is 15.7 Å². The Hall–Kier alpha value is -2.04. The summed E-state index contributed by atoms with van der Waals surface area (Å²) >= 11 is 9.85. The van der Waals surface area contributed by atoms with Gasteiger partial charge in [0, 0.05) is 0 Å². The molecule has 0 aromatic heterocycles. The van der Waals surface area contributed by atoms with Gasteiger partial charge >= 0.3 is 11.9 Å². The molecule has 1 aromatic carbocycles. The third-order valence-corrected chi connectivity index (χ3v) is 4.60. The number of hydrogen-bond acceptors (Lipinski definition) is 6. The molecule has 0 radical (unpaired) electrons. The van der Waals surface area contributed by atoms with Crippen LogP contribution < -0.4 is 4.74 Å². The number of imide groups is 1. The number of thioether (sulfide) groups is 1. The van der Waals surface area contributed by atoms with Crippen LogP contribution in [0.15, 0.2) is 21.5 Å². The van der Waals surface area contributed by atoms with Crippen molar-refractivity contribution in [1.82, 2.24) is 4.90 Å². The van der Waals surface area contributed by atoms with E-state index in [9.17, 15) is 19.2 Å². The Bertz CT molecular complexity index is 787. The molecular weight excluding hydrogens is 442 g/mol. The zero-order valence-corrected chi connectivity index (χ0v) is 15.4. The second kappa shape index (κ2) is 7.89. The average Bonchev–Trinajstić information content (AvgIpc) is 2.73. The predicted molar refractivity (Wildman–Crippen MR) is 92.6 cm³/mol. The number of carboxylic acid groups (broad SMARTS) is 2. The first-order valence-corrected chi connectivity index (χ1v) is 8.48. The summed E-state index contributed by atoms with van der Waals surface area (Å²) in [4.78, 5) is 45.7. The second-order valence-corrected chi connectivity index (χ2v) is 6.91. The van der Waals surface area contributed by atoms with E-state index in [1.807, 2.05) is 0 Å². The maximum atomic E-state index is 12.1. The van der Waals surface area contributed by atoms with E-state index in [2.05, 4.69) is 15.9 Å². The maximum Gasteiger partial charge on any atom is 0.341 e. The molecule has 1 aromatic rings. The van der Waals surface area contributed by atoms with Crippen molar-refractivity contribution in [1.29, 1.82) is 0 Å². The SMILES string of the molecule is O=C(O)COc1c(Cl)cc(/C=C2/SC(=O)N(CC(=O)O)C2=O)cc1Br. The standard InChI is InChI=1S/C14H9BrClNO7S/c15-7-1-6(2-8(16)12(7)24-5-11(20)21)3-9-13(22)17(4-10(18)19)14(23)25-9/h1-3H,4-5H2,(H,18,19)(H,20,21)/b9-3+. The number of ether oxygens (including phenoxy) is 1. The summed E-state index contributed by atoms with van der Waals surface area (Å²) in [7, 11) is 0. The molecule has 0 spiro atoms. The van der Waals surface area contributed by atoms with Crippen LogP contribution in [0.1, 0.15) is 5.56 Å². The first-order valence-electron chi connectivity index (χ1n) is 6.50. The van der Waals surface area contributed by atoms with Gasteiger partial charge in [0.05, 0.1) is 14.4 Å². The third kappa shape index (κ3) is 4.74. The fraction of sp³-hybridized carbons (Fsp3) is 0.143. The molecule has 1 aliphatic rings. The number of nitrogens with zero attached hydrogens (tertiary/aromatic N) is 1. The van der Waals surface area contributed by atoms with Gasteiger partial charge in [-0.15, -0.1) is 0 Å². The molecule has 11 heteroatoms. The smallest absolute Gasteiger partial charge is 0.341 e. The number of halogens is 2. The first kappa shape index (κ1) is 19.3. The van der Waals surface area contributed by atoms with Crippen molar-refractivity contribution in [3.63, 3.8) is 0 Å². The minimum Gasteiger partial charge on any atom is -0.480 e. The minimum atomic E-state index is -1.30. The zero-order valence-electron chi connectivity index (χ0n) is 12.2. The molecular formula is C14H9BrClNO7S. The van der Waals surface area contributed by atoms with Crippen molar-refractivity contribution in [2.24, 2.45) is 0 Å². The van der Waals surface area contributed by atoms with E-state index in [0.29, 0.717) is 26.7 Å². The van der Waals surface area contributed by atoms with Crippen molar-refractivity contribution in [3.8, 4) is 5.75 Å². The third-order valence-electron chi connectivity index (χ3n) is 2.83. The molecule has 0 unspecified atom stereocenters. The fourth-order valence-corrected chi connectivity index (χ4v) is 3.68. The molecule has 0 saturated carbocycles. The molecule has 2 amide bonds. The lowest BCUT2D eigenvalue weighted by Gasteiger charge is -2.09. The predicted octanol–water partition coefficient (Wildman–Crippen LogP) is 2.69. The van der Waals surface area contributed by atoms with Crippen LogP contribution in [-0.2, 0) is 14.4 Å². The van der Waals surface area contributed by atoms with E-state index in [0.717, 1.165) is 0 Å². The van der Waals surface area contributed by atoms with Crippen LogP contribution in [0.5, 0.6) is 5.75 Å². The van der Waals surface area contributed by atoms with Crippen LogP contribution in [0.3, 0.4) is 0 Å². The van der Waals surface area contributed by atoms with Crippen LogP contribution in [-0.4, -0.2) is 51.3 Å². The molecule has 2 N–H and O–H groups in total. The Balaban J connectivity index is 2.26. The molecule has 1 aliphatic heterocycles. The number of carbonyl (C=O) groups is 4. The van der Waals surface area contributed by atoms with Gasteiger partial charge in [-0.2, -0.15) is 0 Å². The number of amides is 2. The highest BCUT2D eigenvalue weighted by Gasteiger charge is 2.36. The summed E-state index contributed by atoms with van der Waals surface area (Å²) in [6, 6.07) is 2.95. The average molecular weight is 451 g/mol. The monoisotopic (exact) mass is 449 g/mol. The molecule has 1 fully saturated rings. The molecule has 132 valence electrons. The lowest BCUT2D eigenvalue weighted by molar-refractivity contribution is -0.140. The number of rotatable bonds is 6. The molecule has 25 heavy (non-hydrogen) atoms. The molecule has 0 bridgehead atoms. The molecule has 2 rings (SSSR count). The highest BCUT2D eigenvalue weighted by molar-refractivity contribution is 9.10. The van der Waals surface area contributed by atoms with E-state index < -0.39 is 36.2 Å². The Morgan fingerprint density at radius 3 is 2.52 bits per heavy atom. The quantitative estimate of drug-likeness (QED) is 0.635. The van der Waals surface area contributed by atoms with Crippen LogP contribution in [0, 0.1) is 0 Å². The highest BCUT2D eigenvalue weighted by atomic mass is 79.9. The topological polar surface area (TPSA) is 121 Å². The minimum absolute atomic E-state index is 0.0495. The van der Waals surface area contributed by atoms with E-state index in [1.54, 1.807) is 0 Å². The summed E-state index contributed by atoms with van der Waals surface area (Å²) in [5, 5.41) is 16.8. The molecule has 1 saturated heterocycles. The zero-order chi connectivity index (χ0) is 18.7. The number of aliphatic carboxylic acids is 2. The Morgan fingerprint density at radius 1 is 1.28 bits per heavy atom. The van der Waals surface area contributed by atoms with Gasteiger partial charge in [0.25, 0.3) is 11.1 Å². The van der Waals surface area contributed by atoms with Crippen molar-refractivity contribution in [2.45, 2.75) is 0 Å². The number of benzene rings is 1. The normalized spacial score (nSPS) is 15.8. The Kier molecular flexibility index (Phi) is 6.09. The lowest BCUT2D eigenvalue weighted by atomic mass is 10.2. The number of hydrogen-bond donors (Lipinski definition) is 2. The summed E-state index contributed by atoms with van der Waals surface area (Å²) in [5.41, 5.74) is 0.445. The van der Waals surface area contributed by atoms with Crippen molar-refractivity contribution >= 4 is 68.5 Å². The van der Waals surface area contributed by atoms with Crippen molar-refractivity contribution in [2.75, 3.05) is 13.2 Å². The fourth-order valence-electron chi connectivity index (χ4n) is 1.86. The van der Waals surface area contributed by atoms with Gasteiger partial charge in [-0.1, -0.05) is 11.6 Å². The van der Waals surface area contributed by atoms with E-state index in [1.165, 1.54) is 18.2 Å². The van der Waals surface area contributed by atoms with Gasteiger partial charge in [0.1, 0.15) is 6.54 Å². The van der Waals surface area contributed by atoms with Gasteiger partial charge in [-0.25, -0.2) is 4.79 Å². The van der Waals surface area contributed by atoms with Crippen LogP contribution in [0.2, 0.25) is 5.02 Å². The van der Waals surface area contributed by atoms with Crippen molar-refractivity contribution < 1.29 is 34.1 Å². The molecule has 1 heterocycles. The van der Waals surface area contributed by atoms with Gasteiger partial charge in [0.2, 0.25) is 0 Å². The molecule has 0 aliphatic carbocycles. The van der Waals surface area contributed by atoms with E-state index >= 15 is 0 Å². The van der Waals surface area contributed by atoms with Gasteiger partial charge in [-0.3, -0.25) is 19.3 Å². The first-order chi connectivity index (χ1) is 11.7. The number of carbonyl (C=O) groups excluding carboxylic acids is 2. The van der Waals surface area contributed by atoms with Crippen LogP contribution in [0.25, 0.3) is 6.08 Å². The summed E-state index contributed by atoms with van der Waals surface area (Å²) in [6.45, 7) is -1.29. The Morgan fingerprint density at radius 2 is 1.96 bits per heavy atom.